The van der Waals surface area contributed by atoms with Crippen molar-refractivity contribution >= 4 is 17.5 Å². The second kappa shape index (κ2) is 8.33. The van der Waals surface area contributed by atoms with E-state index in [2.05, 4.69) is 15.8 Å². The maximum Gasteiger partial charge on any atom is 0.264 e. The molecule has 2 amide bonds. The molecule has 1 aromatic rings. The van der Waals surface area contributed by atoms with E-state index in [0.717, 1.165) is 17.0 Å². The molecule has 0 saturated heterocycles. The normalized spacial score (nSPS) is 16.3. The quantitative estimate of drug-likeness (QED) is 0.785. The zero-order valence-electron chi connectivity index (χ0n) is 14.2. The van der Waals surface area contributed by atoms with Gasteiger partial charge in [-0.3, -0.25) is 9.59 Å². The number of oxime groups is 1. The lowest BCUT2D eigenvalue weighted by molar-refractivity contribution is -0.131. The van der Waals surface area contributed by atoms with Crippen LogP contribution < -0.4 is 15.4 Å². The smallest absolute Gasteiger partial charge is 0.264 e. The van der Waals surface area contributed by atoms with Crippen LogP contribution in [0.15, 0.2) is 29.4 Å². The van der Waals surface area contributed by atoms with Crippen LogP contribution >= 0.6 is 0 Å². The van der Waals surface area contributed by atoms with Crippen molar-refractivity contribution in [3.05, 3.63) is 29.8 Å². The average Bonchev–Trinajstić information content (AvgIpc) is 3.04. The molecule has 0 spiro atoms. The van der Waals surface area contributed by atoms with Crippen molar-refractivity contribution in [2.75, 3.05) is 13.7 Å². The Balaban J connectivity index is 1.77. The summed E-state index contributed by atoms with van der Waals surface area (Å²) in [5.74, 6) is 0.402. The molecule has 2 rings (SSSR count). The molecule has 7 heteroatoms. The highest BCUT2D eigenvalue weighted by molar-refractivity contribution is 6.04. The Bertz CT molecular complexity index is 611. The molecule has 0 aromatic heterocycles. The fourth-order valence-electron chi connectivity index (χ4n) is 2.28. The number of benzene rings is 1. The fourth-order valence-corrected chi connectivity index (χ4v) is 2.28. The Morgan fingerprint density at radius 1 is 1.33 bits per heavy atom. The highest BCUT2D eigenvalue weighted by atomic mass is 16.6. The summed E-state index contributed by atoms with van der Waals surface area (Å²) >= 11 is 0. The van der Waals surface area contributed by atoms with Crippen molar-refractivity contribution in [3.8, 4) is 5.75 Å². The number of nitrogens with zero attached hydrogens (tertiary/aromatic N) is 1. The van der Waals surface area contributed by atoms with Crippen LogP contribution in [0.3, 0.4) is 0 Å². The van der Waals surface area contributed by atoms with Crippen molar-refractivity contribution in [1.29, 1.82) is 0 Å². The summed E-state index contributed by atoms with van der Waals surface area (Å²) in [5.41, 5.74) is 1.61. The highest BCUT2D eigenvalue weighted by Crippen LogP contribution is 2.19. The molecule has 0 radical (unpaired) electrons. The Hall–Kier alpha value is -2.57. The summed E-state index contributed by atoms with van der Waals surface area (Å²) in [5, 5.41) is 9.45. The van der Waals surface area contributed by atoms with Crippen LogP contribution in [0.1, 0.15) is 32.3 Å². The lowest BCUT2D eigenvalue weighted by atomic mass is 10.0. The number of nitrogens with one attached hydrogen (secondary N) is 2. The predicted molar refractivity (Wildman–Crippen MR) is 89.9 cm³/mol. The summed E-state index contributed by atoms with van der Waals surface area (Å²) < 4.78 is 5.11. The van der Waals surface area contributed by atoms with Crippen molar-refractivity contribution < 1.29 is 19.2 Å². The monoisotopic (exact) mass is 333 g/mol. The third-order valence-corrected chi connectivity index (χ3v) is 3.49. The van der Waals surface area contributed by atoms with Crippen LogP contribution in [0.5, 0.6) is 5.75 Å². The van der Waals surface area contributed by atoms with Gasteiger partial charge in [0.05, 0.1) is 12.8 Å². The van der Waals surface area contributed by atoms with Crippen LogP contribution in [0.2, 0.25) is 0 Å². The molecule has 1 atom stereocenters. The van der Waals surface area contributed by atoms with Gasteiger partial charge in [0.25, 0.3) is 5.91 Å². The van der Waals surface area contributed by atoms with Crippen molar-refractivity contribution in [3.63, 3.8) is 0 Å². The number of ether oxygens (including phenoxy) is 1. The van der Waals surface area contributed by atoms with Gasteiger partial charge in [0.15, 0.2) is 0 Å². The summed E-state index contributed by atoms with van der Waals surface area (Å²) in [4.78, 5) is 28.8. The molecular formula is C17H23N3O4. The second-order valence-electron chi connectivity index (χ2n) is 5.83. The van der Waals surface area contributed by atoms with Crippen LogP contribution in [-0.2, 0) is 14.4 Å². The SMILES string of the molecule is COc1ccc(C2=NOC(C(=O)NCCC(=O)NC(C)C)C2)cc1. The van der Waals surface area contributed by atoms with E-state index in [1.165, 1.54) is 0 Å². The average molecular weight is 333 g/mol. The lowest BCUT2D eigenvalue weighted by Gasteiger charge is -2.11. The molecule has 2 N–H and O–H groups in total. The lowest BCUT2D eigenvalue weighted by Crippen LogP contribution is -2.38. The number of rotatable bonds is 7. The number of hydrogen-bond acceptors (Lipinski definition) is 5. The molecule has 1 aromatic carbocycles. The zero-order chi connectivity index (χ0) is 17.5. The van der Waals surface area contributed by atoms with E-state index in [1.807, 2.05) is 38.1 Å². The van der Waals surface area contributed by atoms with Gasteiger partial charge in [0, 0.05) is 25.4 Å². The Morgan fingerprint density at radius 3 is 2.67 bits per heavy atom. The first-order chi connectivity index (χ1) is 11.5. The Morgan fingerprint density at radius 2 is 2.04 bits per heavy atom. The molecule has 7 nitrogen and oxygen atoms in total. The molecule has 1 heterocycles. The van der Waals surface area contributed by atoms with Gasteiger partial charge < -0.3 is 20.2 Å². The molecule has 130 valence electrons. The van der Waals surface area contributed by atoms with E-state index in [9.17, 15) is 9.59 Å². The van der Waals surface area contributed by atoms with Crippen LogP contribution in [0.4, 0.5) is 0 Å². The molecule has 1 aliphatic rings. The van der Waals surface area contributed by atoms with Gasteiger partial charge in [-0.2, -0.15) is 0 Å². The number of carbonyl (C=O) groups is 2. The number of hydrogen-bond donors (Lipinski definition) is 2. The second-order valence-corrected chi connectivity index (χ2v) is 5.83. The summed E-state index contributed by atoms with van der Waals surface area (Å²) in [6.07, 6.45) is -0.0191. The maximum atomic E-state index is 12.1. The van der Waals surface area contributed by atoms with Crippen LogP contribution in [0.25, 0.3) is 0 Å². The summed E-state index contributed by atoms with van der Waals surface area (Å²) in [6, 6.07) is 7.50. The molecule has 0 aliphatic carbocycles. The number of amides is 2. The van der Waals surface area contributed by atoms with E-state index < -0.39 is 6.10 Å². The minimum absolute atomic E-state index is 0.0896. The van der Waals surface area contributed by atoms with Gasteiger partial charge in [-0.05, 0) is 43.7 Å². The van der Waals surface area contributed by atoms with Gasteiger partial charge in [0.1, 0.15) is 5.75 Å². The largest absolute Gasteiger partial charge is 0.497 e. The number of carbonyl (C=O) groups excluding carboxylic acids is 2. The first kappa shape index (κ1) is 17.8. The van der Waals surface area contributed by atoms with E-state index in [1.54, 1.807) is 7.11 Å². The molecule has 1 aliphatic heterocycles. The standard InChI is InChI=1S/C17H23N3O4/c1-11(2)19-16(21)8-9-18-17(22)15-10-14(20-24-15)12-4-6-13(23-3)7-5-12/h4-7,11,15H,8-10H2,1-3H3,(H,18,22)(H,19,21). The van der Waals surface area contributed by atoms with Crippen LogP contribution in [0, 0.1) is 0 Å². The Kier molecular flexibility index (Phi) is 6.17. The summed E-state index contributed by atoms with van der Waals surface area (Å²) in [6.45, 7) is 4.05. The molecule has 1 unspecified atom stereocenters. The van der Waals surface area contributed by atoms with E-state index in [4.69, 9.17) is 9.57 Å². The van der Waals surface area contributed by atoms with Crippen molar-refractivity contribution in [1.82, 2.24) is 10.6 Å². The van der Waals surface area contributed by atoms with Gasteiger partial charge in [0.2, 0.25) is 12.0 Å². The molecular weight excluding hydrogens is 310 g/mol. The number of methoxy groups -OCH3 is 1. The van der Waals surface area contributed by atoms with E-state index in [-0.39, 0.29) is 30.8 Å². The van der Waals surface area contributed by atoms with Gasteiger partial charge in [-0.1, -0.05) is 5.16 Å². The van der Waals surface area contributed by atoms with Gasteiger partial charge in [-0.15, -0.1) is 0 Å². The minimum atomic E-state index is -0.657. The van der Waals surface area contributed by atoms with Crippen molar-refractivity contribution in [2.24, 2.45) is 5.16 Å². The molecule has 0 bridgehead atoms. The zero-order valence-corrected chi connectivity index (χ0v) is 14.2. The molecule has 0 saturated carbocycles. The van der Waals surface area contributed by atoms with E-state index in [0.29, 0.717) is 6.42 Å². The van der Waals surface area contributed by atoms with Gasteiger partial charge in [-0.25, -0.2) is 0 Å². The van der Waals surface area contributed by atoms with Crippen molar-refractivity contribution in [2.45, 2.75) is 38.8 Å². The molecule has 0 fully saturated rings. The summed E-state index contributed by atoms with van der Waals surface area (Å²) in [7, 11) is 1.60. The first-order valence-corrected chi connectivity index (χ1v) is 7.93. The molecule has 24 heavy (non-hydrogen) atoms. The minimum Gasteiger partial charge on any atom is -0.497 e. The fraction of sp³-hybridized carbons (Fsp3) is 0.471. The predicted octanol–water partition coefficient (Wildman–Crippen LogP) is 1.22. The maximum absolute atomic E-state index is 12.1. The third kappa shape index (κ3) is 4.97. The Labute approximate surface area is 141 Å². The van der Waals surface area contributed by atoms with E-state index >= 15 is 0 Å². The third-order valence-electron chi connectivity index (χ3n) is 3.49. The van der Waals surface area contributed by atoms with Gasteiger partial charge >= 0.3 is 0 Å². The van der Waals surface area contributed by atoms with Crippen LogP contribution in [-0.4, -0.2) is 43.3 Å². The first-order valence-electron chi connectivity index (χ1n) is 7.93. The highest BCUT2D eigenvalue weighted by Gasteiger charge is 2.28. The topological polar surface area (TPSA) is 89.0 Å².